The highest BCUT2D eigenvalue weighted by atomic mass is 35.5. The van der Waals surface area contributed by atoms with Crippen molar-refractivity contribution < 1.29 is 4.79 Å². The van der Waals surface area contributed by atoms with E-state index in [4.69, 9.17) is 16.9 Å². The van der Waals surface area contributed by atoms with Gasteiger partial charge in [0.2, 0.25) is 0 Å². The molecule has 1 amide bonds. The predicted octanol–water partition coefficient (Wildman–Crippen LogP) is 3.16. The van der Waals surface area contributed by atoms with Gasteiger partial charge in [0.15, 0.2) is 4.87 Å². The molecule has 0 saturated heterocycles. The van der Waals surface area contributed by atoms with Crippen LogP contribution in [0.1, 0.15) is 12.0 Å². The van der Waals surface area contributed by atoms with Gasteiger partial charge in [-0.2, -0.15) is 5.26 Å². The van der Waals surface area contributed by atoms with Crippen LogP contribution in [0.4, 0.5) is 0 Å². The van der Waals surface area contributed by atoms with E-state index in [2.05, 4.69) is 11.9 Å². The molecule has 0 aromatic heterocycles. The molecule has 100 valence electrons. The molecule has 0 spiro atoms. The van der Waals surface area contributed by atoms with Gasteiger partial charge in [-0.05, 0) is 17.7 Å². The van der Waals surface area contributed by atoms with Gasteiger partial charge >= 0.3 is 0 Å². The number of hydrogen-bond acceptors (Lipinski definition) is 2. The molecule has 1 aliphatic rings. The number of hydrogen-bond donors (Lipinski definition) is 1. The lowest BCUT2D eigenvalue weighted by atomic mass is 9.99. The van der Waals surface area contributed by atoms with Gasteiger partial charge in [0, 0.05) is 17.7 Å². The number of benzene rings is 1. The largest absolute Gasteiger partial charge is 0.322 e. The molecule has 1 aromatic carbocycles. The highest BCUT2D eigenvalue weighted by molar-refractivity contribution is 6.27. The van der Waals surface area contributed by atoms with Gasteiger partial charge in [-0.25, -0.2) is 0 Å². The zero-order chi connectivity index (χ0) is 14.6. The van der Waals surface area contributed by atoms with Crippen LogP contribution in [-0.4, -0.2) is 10.8 Å². The maximum Gasteiger partial charge on any atom is 0.255 e. The number of carbonyl (C=O) groups is 1. The van der Waals surface area contributed by atoms with Crippen LogP contribution in [0.25, 0.3) is 5.57 Å². The molecule has 2 rings (SSSR count). The van der Waals surface area contributed by atoms with Crippen molar-refractivity contribution >= 4 is 23.1 Å². The van der Waals surface area contributed by atoms with Crippen molar-refractivity contribution in [2.75, 3.05) is 0 Å². The number of alkyl halides is 1. The first-order valence-electron chi connectivity index (χ1n) is 6.09. The maximum absolute atomic E-state index is 12.1. The van der Waals surface area contributed by atoms with Gasteiger partial charge in [0.25, 0.3) is 5.91 Å². The number of nitrogens with zero attached hydrogens (tertiary/aromatic N) is 1. The summed E-state index contributed by atoms with van der Waals surface area (Å²) in [5.74, 6) is -0.272. The van der Waals surface area contributed by atoms with Crippen LogP contribution < -0.4 is 5.32 Å². The minimum Gasteiger partial charge on any atom is -0.322 e. The van der Waals surface area contributed by atoms with Crippen LogP contribution in [0.2, 0.25) is 0 Å². The fourth-order valence-electron chi connectivity index (χ4n) is 1.77. The number of allylic oxidation sites excluding steroid dienone is 3. The predicted molar refractivity (Wildman–Crippen MR) is 79.7 cm³/mol. The molecule has 20 heavy (non-hydrogen) atoms. The molecular weight excluding hydrogens is 272 g/mol. The summed E-state index contributed by atoms with van der Waals surface area (Å²) in [6.45, 7) is 3.79. The van der Waals surface area contributed by atoms with Crippen molar-refractivity contribution in [3.8, 4) is 6.07 Å². The summed E-state index contributed by atoms with van der Waals surface area (Å²) in [7, 11) is 0. The highest BCUT2D eigenvalue weighted by Gasteiger charge is 2.25. The second-order valence-corrected chi connectivity index (χ2v) is 5.14. The molecule has 0 heterocycles. The number of halogens is 1. The van der Waals surface area contributed by atoms with Crippen molar-refractivity contribution in [3.05, 3.63) is 66.4 Å². The summed E-state index contributed by atoms with van der Waals surface area (Å²) in [5, 5.41) is 11.6. The standard InChI is InChI=1S/C16H13ClN2O/c1-12(13-5-3-2-4-6-13)15(20)19-14-7-9-16(17,11-18)10-8-14/h2-9H,1,10H2,(H,19,20). The quantitative estimate of drug-likeness (QED) is 0.685. The Morgan fingerprint density at radius 3 is 2.65 bits per heavy atom. The average Bonchev–Trinajstić information content (AvgIpc) is 2.50. The second-order valence-electron chi connectivity index (χ2n) is 4.47. The molecule has 1 unspecified atom stereocenters. The molecule has 0 aliphatic heterocycles. The number of nitriles is 1. The Hall–Kier alpha value is -2.31. The Labute approximate surface area is 122 Å². The second kappa shape index (κ2) is 5.77. The van der Waals surface area contributed by atoms with Crippen LogP contribution in [-0.2, 0) is 4.79 Å². The van der Waals surface area contributed by atoms with Gasteiger partial charge in [0.05, 0.1) is 6.07 Å². The van der Waals surface area contributed by atoms with E-state index in [1.807, 2.05) is 36.4 Å². The lowest BCUT2D eigenvalue weighted by molar-refractivity contribution is -0.114. The molecule has 1 aliphatic carbocycles. The van der Waals surface area contributed by atoms with E-state index in [-0.39, 0.29) is 5.91 Å². The minimum atomic E-state index is -1.01. The molecule has 1 N–H and O–H groups in total. The first-order valence-corrected chi connectivity index (χ1v) is 6.47. The Kier molecular flexibility index (Phi) is 4.07. The number of carbonyl (C=O) groups excluding carboxylic acids is 1. The normalized spacial score (nSPS) is 20.7. The molecule has 0 fully saturated rings. The summed E-state index contributed by atoms with van der Waals surface area (Å²) in [4.78, 5) is 11.0. The van der Waals surface area contributed by atoms with Crippen molar-refractivity contribution in [1.29, 1.82) is 5.26 Å². The van der Waals surface area contributed by atoms with E-state index in [1.54, 1.807) is 18.2 Å². The topological polar surface area (TPSA) is 52.9 Å². The zero-order valence-corrected chi connectivity index (χ0v) is 11.5. The first kappa shape index (κ1) is 14.1. The highest BCUT2D eigenvalue weighted by Crippen LogP contribution is 2.26. The molecular formula is C16H13ClN2O. The van der Waals surface area contributed by atoms with Crippen LogP contribution in [0.5, 0.6) is 0 Å². The van der Waals surface area contributed by atoms with Crippen molar-refractivity contribution in [1.82, 2.24) is 5.32 Å². The Morgan fingerprint density at radius 2 is 2.10 bits per heavy atom. The summed E-state index contributed by atoms with van der Waals surface area (Å²) in [6.07, 6.45) is 5.30. The molecule has 1 aromatic rings. The maximum atomic E-state index is 12.1. The third kappa shape index (κ3) is 3.17. The number of nitrogens with one attached hydrogen (secondary N) is 1. The van der Waals surface area contributed by atoms with E-state index in [0.717, 1.165) is 5.56 Å². The fourth-order valence-corrected chi connectivity index (χ4v) is 1.91. The summed E-state index contributed by atoms with van der Waals surface area (Å²) in [6, 6.07) is 11.2. The van der Waals surface area contributed by atoms with Gasteiger partial charge < -0.3 is 5.32 Å². The van der Waals surface area contributed by atoms with Gasteiger partial charge in [-0.1, -0.05) is 54.6 Å². The van der Waals surface area contributed by atoms with Gasteiger partial charge in [-0.3, -0.25) is 4.79 Å². The summed E-state index contributed by atoms with van der Waals surface area (Å²) >= 11 is 6.00. The monoisotopic (exact) mass is 284 g/mol. The molecule has 4 heteroatoms. The Bertz CT molecular complexity index is 640. The first-order chi connectivity index (χ1) is 9.54. The molecule has 1 atom stereocenters. The van der Waals surface area contributed by atoms with Gasteiger partial charge in [0.1, 0.15) is 0 Å². The summed E-state index contributed by atoms with van der Waals surface area (Å²) in [5.41, 5.74) is 1.79. The van der Waals surface area contributed by atoms with Crippen LogP contribution >= 0.6 is 11.6 Å². The third-order valence-corrected chi connectivity index (χ3v) is 3.35. The van der Waals surface area contributed by atoms with Crippen molar-refractivity contribution in [2.45, 2.75) is 11.3 Å². The SMILES string of the molecule is C=C(C(=O)NC1=CCC(Cl)(C#N)C=C1)c1ccccc1. The third-order valence-electron chi connectivity index (χ3n) is 2.99. The summed E-state index contributed by atoms with van der Waals surface area (Å²) < 4.78 is 0. The van der Waals surface area contributed by atoms with E-state index in [0.29, 0.717) is 17.7 Å². The Morgan fingerprint density at radius 1 is 1.40 bits per heavy atom. The van der Waals surface area contributed by atoms with E-state index < -0.39 is 4.87 Å². The lowest BCUT2D eigenvalue weighted by Gasteiger charge is -2.18. The number of rotatable bonds is 3. The van der Waals surface area contributed by atoms with Crippen molar-refractivity contribution in [2.24, 2.45) is 0 Å². The molecule has 0 saturated carbocycles. The van der Waals surface area contributed by atoms with Crippen LogP contribution in [0.3, 0.4) is 0 Å². The zero-order valence-electron chi connectivity index (χ0n) is 10.8. The van der Waals surface area contributed by atoms with Crippen LogP contribution in [0, 0.1) is 11.3 Å². The fraction of sp³-hybridized carbons (Fsp3) is 0.125. The molecule has 0 radical (unpaired) electrons. The smallest absolute Gasteiger partial charge is 0.255 e. The number of amides is 1. The Balaban J connectivity index is 2.02. The molecule has 0 bridgehead atoms. The van der Waals surface area contributed by atoms with Gasteiger partial charge in [-0.15, -0.1) is 0 Å². The van der Waals surface area contributed by atoms with E-state index in [9.17, 15) is 4.79 Å². The molecule has 3 nitrogen and oxygen atoms in total. The van der Waals surface area contributed by atoms with E-state index >= 15 is 0 Å². The lowest BCUT2D eigenvalue weighted by Crippen LogP contribution is -2.26. The average molecular weight is 285 g/mol. The van der Waals surface area contributed by atoms with Crippen LogP contribution in [0.15, 0.2) is 60.8 Å². The van der Waals surface area contributed by atoms with E-state index in [1.165, 1.54) is 0 Å². The minimum absolute atomic E-state index is 0.272. The van der Waals surface area contributed by atoms with Crippen molar-refractivity contribution in [3.63, 3.8) is 0 Å².